The van der Waals surface area contributed by atoms with Crippen molar-refractivity contribution in [2.24, 2.45) is 5.92 Å². The highest BCUT2D eigenvalue weighted by Gasteiger charge is 2.08. The van der Waals surface area contributed by atoms with Crippen molar-refractivity contribution >= 4 is 5.97 Å². The molecule has 1 rings (SSSR count). The van der Waals surface area contributed by atoms with Crippen molar-refractivity contribution in [1.29, 1.82) is 0 Å². The number of carbonyl (C=O) groups is 1. The molecule has 1 unspecified atom stereocenters. The van der Waals surface area contributed by atoms with Gasteiger partial charge < -0.3 is 4.74 Å². The lowest BCUT2D eigenvalue weighted by atomic mass is 10.0. The van der Waals surface area contributed by atoms with Gasteiger partial charge in [-0.15, -0.1) is 0 Å². The lowest BCUT2D eigenvalue weighted by Crippen LogP contribution is -2.04. The van der Waals surface area contributed by atoms with E-state index in [4.69, 9.17) is 4.74 Å². The number of hydrogen-bond acceptors (Lipinski definition) is 2. The second kappa shape index (κ2) is 11.8. The third-order valence-electron chi connectivity index (χ3n) is 4.34. The summed E-state index contributed by atoms with van der Waals surface area (Å²) in [5.41, 5.74) is 0. The molecule has 0 saturated heterocycles. The summed E-state index contributed by atoms with van der Waals surface area (Å²) in [5, 5.41) is 0. The van der Waals surface area contributed by atoms with E-state index in [2.05, 4.69) is 13.0 Å². The van der Waals surface area contributed by atoms with Gasteiger partial charge >= 0.3 is 5.97 Å². The second-order valence-corrected chi connectivity index (χ2v) is 6.51. The monoisotopic (exact) mass is 294 g/mol. The fourth-order valence-electron chi connectivity index (χ4n) is 2.97. The number of ether oxygens (including phenoxy) is 1. The Labute approximate surface area is 131 Å². The van der Waals surface area contributed by atoms with Crippen LogP contribution in [-0.2, 0) is 9.53 Å². The Balaban J connectivity index is 2.52. The Bertz CT molecular complexity index is 307. The predicted octanol–water partition coefficient (Wildman–Crippen LogP) is 6.15. The zero-order valence-electron chi connectivity index (χ0n) is 14.2. The smallest absolute Gasteiger partial charge is 0.310 e. The van der Waals surface area contributed by atoms with Crippen LogP contribution in [0.25, 0.3) is 0 Å². The van der Waals surface area contributed by atoms with Gasteiger partial charge in [0.05, 0.1) is 0 Å². The fraction of sp³-hybridized carbons (Fsp3) is 0.842. The minimum Gasteiger partial charge on any atom is -0.431 e. The highest BCUT2D eigenvalue weighted by atomic mass is 16.5. The van der Waals surface area contributed by atoms with Gasteiger partial charge in [0.2, 0.25) is 0 Å². The number of rotatable bonds is 2. The van der Waals surface area contributed by atoms with Crippen molar-refractivity contribution in [3.8, 4) is 0 Å². The standard InChI is InChI=1S/C19H34O2/c1-3-19(20)21-18-15-13-11-9-7-5-4-6-8-10-12-14-17(2)16-18/h16-17H,3-15H2,1-2H3/b18-16-. The quantitative estimate of drug-likeness (QED) is 0.570. The Hall–Kier alpha value is -0.790. The molecule has 0 N–H and O–H groups in total. The van der Waals surface area contributed by atoms with E-state index in [-0.39, 0.29) is 5.97 Å². The number of hydrogen-bond donors (Lipinski definition) is 0. The molecule has 122 valence electrons. The molecule has 0 heterocycles. The molecule has 0 radical (unpaired) electrons. The van der Waals surface area contributed by atoms with Crippen LogP contribution >= 0.6 is 0 Å². The first-order chi connectivity index (χ1) is 10.2. The Morgan fingerprint density at radius 2 is 1.52 bits per heavy atom. The lowest BCUT2D eigenvalue weighted by Gasteiger charge is -2.12. The minimum atomic E-state index is -0.0913. The summed E-state index contributed by atoms with van der Waals surface area (Å²) in [4.78, 5) is 11.5. The van der Waals surface area contributed by atoms with Gasteiger partial charge in [0.25, 0.3) is 0 Å². The third-order valence-corrected chi connectivity index (χ3v) is 4.34. The van der Waals surface area contributed by atoms with Gasteiger partial charge in [0.1, 0.15) is 5.76 Å². The molecular weight excluding hydrogens is 260 g/mol. The summed E-state index contributed by atoms with van der Waals surface area (Å²) < 4.78 is 5.52. The van der Waals surface area contributed by atoms with Crippen LogP contribution in [0.4, 0.5) is 0 Å². The van der Waals surface area contributed by atoms with Crippen molar-refractivity contribution in [2.45, 2.75) is 97.3 Å². The van der Waals surface area contributed by atoms with Crippen LogP contribution in [0.1, 0.15) is 97.3 Å². The molecule has 1 aliphatic carbocycles. The van der Waals surface area contributed by atoms with Gasteiger partial charge in [-0.3, -0.25) is 4.79 Å². The molecule has 0 aliphatic heterocycles. The van der Waals surface area contributed by atoms with Gasteiger partial charge in [-0.1, -0.05) is 71.6 Å². The van der Waals surface area contributed by atoms with Gasteiger partial charge in [0.15, 0.2) is 0 Å². The molecule has 0 aromatic rings. The van der Waals surface area contributed by atoms with Gasteiger partial charge in [-0.25, -0.2) is 0 Å². The third kappa shape index (κ3) is 9.71. The number of allylic oxidation sites excluding steroid dienone is 2. The van der Waals surface area contributed by atoms with E-state index in [1.807, 2.05) is 6.92 Å². The Morgan fingerprint density at radius 3 is 2.10 bits per heavy atom. The summed E-state index contributed by atoms with van der Waals surface area (Å²) in [6.45, 7) is 4.11. The van der Waals surface area contributed by atoms with E-state index < -0.39 is 0 Å². The van der Waals surface area contributed by atoms with Gasteiger partial charge in [-0.2, -0.15) is 0 Å². The maximum atomic E-state index is 11.5. The van der Waals surface area contributed by atoms with Crippen molar-refractivity contribution in [3.05, 3.63) is 11.8 Å². The largest absolute Gasteiger partial charge is 0.431 e. The molecule has 0 fully saturated rings. The fourth-order valence-corrected chi connectivity index (χ4v) is 2.97. The van der Waals surface area contributed by atoms with Crippen LogP contribution in [-0.4, -0.2) is 5.97 Å². The van der Waals surface area contributed by atoms with Gasteiger partial charge in [-0.05, 0) is 24.8 Å². The summed E-state index contributed by atoms with van der Waals surface area (Å²) in [6, 6.07) is 0. The predicted molar refractivity (Wildman–Crippen MR) is 89.0 cm³/mol. The van der Waals surface area contributed by atoms with Crippen molar-refractivity contribution < 1.29 is 9.53 Å². The molecule has 2 nitrogen and oxygen atoms in total. The van der Waals surface area contributed by atoms with E-state index >= 15 is 0 Å². The summed E-state index contributed by atoms with van der Waals surface area (Å²) in [5.74, 6) is 1.35. The van der Waals surface area contributed by atoms with Crippen molar-refractivity contribution in [1.82, 2.24) is 0 Å². The van der Waals surface area contributed by atoms with E-state index in [0.717, 1.165) is 18.6 Å². The molecule has 0 amide bonds. The average molecular weight is 294 g/mol. The molecular formula is C19H34O2. The maximum Gasteiger partial charge on any atom is 0.310 e. The molecule has 2 heteroatoms. The molecule has 0 bridgehead atoms. The number of carbonyl (C=O) groups excluding carboxylic acids is 1. The highest BCUT2D eigenvalue weighted by Crippen LogP contribution is 2.20. The normalized spacial score (nSPS) is 26.0. The summed E-state index contributed by atoms with van der Waals surface area (Å²) in [7, 11) is 0. The van der Waals surface area contributed by atoms with Gasteiger partial charge in [0, 0.05) is 12.8 Å². The first-order valence-electron chi connectivity index (χ1n) is 9.13. The van der Waals surface area contributed by atoms with Crippen LogP contribution in [0.15, 0.2) is 11.8 Å². The van der Waals surface area contributed by atoms with Crippen molar-refractivity contribution in [2.75, 3.05) is 0 Å². The van der Waals surface area contributed by atoms with E-state index in [0.29, 0.717) is 12.3 Å². The average Bonchev–Trinajstić information content (AvgIpc) is 2.47. The summed E-state index contributed by atoms with van der Waals surface area (Å²) in [6.07, 6.45) is 18.1. The summed E-state index contributed by atoms with van der Waals surface area (Å²) >= 11 is 0. The SMILES string of the molecule is CCC(=O)O/C1=C\C(C)CCCCCCCCCCCC1. The maximum absolute atomic E-state index is 11.5. The number of esters is 1. The van der Waals surface area contributed by atoms with Crippen LogP contribution in [0, 0.1) is 5.92 Å². The van der Waals surface area contributed by atoms with Crippen LogP contribution < -0.4 is 0 Å². The molecule has 0 aromatic carbocycles. The first-order valence-corrected chi connectivity index (χ1v) is 9.13. The highest BCUT2D eigenvalue weighted by molar-refractivity contribution is 5.70. The molecule has 21 heavy (non-hydrogen) atoms. The molecule has 0 spiro atoms. The van der Waals surface area contributed by atoms with Crippen molar-refractivity contribution in [3.63, 3.8) is 0 Å². The Kier molecular flexibility index (Phi) is 10.3. The second-order valence-electron chi connectivity index (χ2n) is 6.51. The molecule has 0 saturated carbocycles. The zero-order chi connectivity index (χ0) is 15.3. The van der Waals surface area contributed by atoms with Crippen LogP contribution in [0.3, 0.4) is 0 Å². The first kappa shape index (κ1) is 18.3. The zero-order valence-corrected chi connectivity index (χ0v) is 14.2. The molecule has 1 aliphatic rings. The minimum absolute atomic E-state index is 0.0913. The molecule has 0 aromatic heterocycles. The lowest BCUT2D eigenvalue weighted by molar-refractivity contribution is -0.139. The topological polar surface area (TPSA) is 26.3 Å². The van der Waals surface area contributed by atoms with Crippen LogP contribution in [0.2, 0.25) is 0 Å². The van der Waals surface area contributed by atoms with E-state index in [1.165, 1.54) is 64.2 Å². The Morgan fingerprint density at radius 1 is 1.00 bits per heavy atom. The van der Waals surface area contributed by atoms with E-state index in [1.54, 1.807) is 0 Å². The molecule has 1 atom stereocenters. The van der Waals surface area contributed by atoms with Crippen LogP contribution in [0.5, 0.6) is 0 Å². The van der Waals surface area contributed by atoms with E-state index in [9.17, 15) is 4.79 Å².